The molecule has 4 heteroatoms. The molecule has 0 radical (unpaired) electrons. The molecule has 1 atom stereocenters. The van der Waals surface area contributed by atoms with Crippen molar-refractivity contribution in [1.29, 1.82) is 0 Å². The van der Waals surface area contributed by atoms with E-state index in [2.05, 4.69) is 0 Å². The van der Waals surface area contributed by atoms with Gasteiger partial charge in [-0.3, -0.25) is 4.79 Å². The van der Waals surface area contributed by atoms with Crippen molar-refractivity contribution in [2.75, 3.05) is 13.1 Å². The van der Waals surface area contributed by atoms with E-state index in [1.165, 1.54) is 18.2 Å². The molecule has 2 rings (SSSR count). The van der Waals surface area contributed by atoms with Crippen LogP contribution in [0.1, 0.15) is 22.3 Å². The van der Waals surface area contributed by atoms with E-state index < -0.39 is 0 Å². The lowest BCUT2D eigenvalue weighted by molar-refractivity contribution is 0.0790. The predicted octanol–water partition coefficient (Wildman–Crippen LogP) is 1.31. The summed E-state index contributed by atoms with van der Waals surface area (Å²) < 4.78 is 12.9. The van der Waals surface area contributed by atoms with Crippen molar-refractivity contribution in [2.24, 2.45) is 5.73 Å². The normalized spacial score (nSPS) is 20.2. The van der Waals surface area contributed by atoms with Gasteiger partial charge in [-0.25, -0.2) is 4.39 Å². The zero-order valence-electron chi connectivity index (χ0n) is 9.24. The maximum absolute atomic E-state index is 12.9. The van der Waals surface area contributed by atoms with Gasteiger partial charge in [0, 0.05) is 24.7 Å². The van der Waals surface area contributed by atoms with Gasteiger partial charge in [-0.1, -0.05) is 0 Å². The van der Waals surface area contributed by atoms with Gasteiger partial charge >= 0.3 is 0 Å². The van der Waals surface area contributed by atoms with Gasteiger partial charge < -0.3 is 10.6 Å². The molecule has 1 aromatic rings. The van der Waals surface area contributed by atoms with Crippen LogP contribution in [0.25, 0.3) is 0 Å². The van der Waals surface area contributed by atoms with E-state index in [-0.39, 0.29) is 17.8 Å². The molecule has 1 heterocycles. The Morgan fingerprint density at radius 2 is 2.31 bits per heavy atom. The van der Waals surface area contributed by atoms with Crippen LogP contribution < -0.4 is 5.73 Å². The zero-order valence-corrected chi connectivity index (χ0v) is 9.24. The van der Waals surface area contributed by atoms with Gasteiger partial charge in [-0.05, 0) is 37.1 Å². The van der Waals surface area contributed by atoms with E-state index in [1.807, 2.05) is 0 Å². The molecule has 0 bridgehead atoms. The number of rotatable bonds is 1. The first-order valence-corrected chi connectivity index (χ1v) is 5.39. The lowest BCUT2D eigenvalue weighted by Gasteiger charge is -2.17. The molecule has 0 aromatic heterocycles. The van der Waals surface area contributed by atoms with E-state index in [4.69, 9.17) is 5.73 Å². The van der Waals surface area contributed by atoms with Gasteiger partial charge in [0.15, 0.2) is 0 Å². The van der Waals surface area contributed by atoms with Gasteiger partial charge in [-0.15, -0.1) is 0 Å². The number of hydrogen-bond acceptors (Lipinski definition) is 2. The van der Waals surface area contributed by atoms with Crippen molar-refractivity contribution >= 4 is 5.91 Å². The number of carbonyl (C=O) groups is 1. The van der Waals surface area contributed by atoms with Gasteiger partial charge in [0.1, 0.15) is 5.82 Å². The third-order valence-corrected chi connectivity index (χ3v) is 2.93. The van der Waals surface area contributed by atoms with Crippen molar-refractivity contribution in [2.45, 2.75) is 19.4 Å². The summed E-state index contributed by atoms with van der Waals surface area (Å²) in [7, 11) is 0. The van der Waals surface area contributed by atoms with Crippen molar-refractivity contribution < 1.29 is 9.18 Å². The highest BCUT2D eigenvalue weighted by Gasteiger charge is 2.25. The van der Waals surface area contributed by atoms with E-state index in [9.17, 15) is 9.18 Å². The van der Waals surface area contributed by atoms with Crippen LogP contribution in [0.3, 0.4) is 0 Å². The lowest BCUT2D eigenvalue weighted by atomic mass is 10.1. The fraction of sp³-hybridized carbons (Fsp3) is 0.417. The first kappa shape index (κ1) is 11.1. The van der Waals surface area contributed by atoms with E-state index in [0.29, 0.717) is 24.2 Å². The van der Waals surface area contributed by atoms with E-state index >= 15 is 0 Å². The summed E-state index contributed by atoms with van der Waals surface area (Å²) >= 11 is 0. The van der Waals surface area contributed by atoms with Crippen LogP contribution in [-0.2, 0) is 0 Å². The zero-order chi connectivity index (χ0) is 11.7. The average molecular weight is 222 g/mol. The fourth-order valence-corrected chi connectivity index (χ4v) is 2.01. The van der Waals surface area contributed by atoms with Crippen LogP contribution in [0, 0.1) is 12.7 Å². The minimum atomic E-state index is -0.313. The summed E-state index contributed by atoms with van der Waals surface area (Å²) in [5.74, 6) is -0.363. The molecular formula is C12H15FN2O. The second-order valence-corrected chi connectivity index (χ2v) is 4.26. The second kappa shape index (κ2) is 4.22. The van der Waals surface area contributed by atoms with E-state index in [0.717, 1.165) is 6.42 Å². The molecule has 2 N–H and O–H groups in total. The number of amides is 1. The van der Waals surface area contributed by atoms with Crippen molar-refractivity contribution in [3.8, 4) is 0 Å². The van der Waals surface area contributed by atoms with Crippen molar-refractivity contribution in [1.82, 2.24) is 4.90 Å². The highest BCUT2D eigenvalue weighted by Crippen LogP contribution is 2.16. The summed E-state index contributed by atoms with van der Waals surface area (Å²) in [5, 5.41) is 0. The van der Waals surface area contributed by atoms with Gasteiger partial charge in [0.2, 0.25) is 0 Å². The van der Waals surface area contributed by atoms with E-state index in [1.54, 1.807) is 11.8 Å². The van der Waals surface area contributed by atoms with Crippen LogP contribution in [0.15, 0.2) is 18.2 Å². The van der Waals surface area contributed by atoms with Crippen LogP contribution in [-0.4, -0.2) is 29.9 Å². The summed E-state index contributed by atoms with van der Waals surface area (Å²) in [4.78, 5) is 13.8. The lowest BCUT2D eigenvalue weighted by Crippen LogP contribution is -2.32. The minimum Gasteiger partial charge on any atom is -0.337 e. The molecule has 1 aliphatic rings. The molecule has 1 fully saturated rings. The quantitative estimate of drug-likeness (QED) is 0.778. The molecular weight excluding hydrogens is 207 g/mol. The third-order valence-electron chi connectivity index (χ3n) is 2.93. The Balaban J connectivity index is 2.21. The molecule has 0 aliphatic carbocycles. The van der Waals surface area contributed by atoms with Crippen LogP contribution in [0.2, 0.25) is 0 Å². The second-order valence-electron chi connectivity index (χ2n) is 4.26. The molecule has 1 saturated heterocycles. The summed E-state index contributed by atoms with van der Waals surface area (Å²) in [6.07, 6.45) is 0.839. The number of hydrogen-bond donors (Lipinski definition) is 1. The SMILES string of the molecule is Cc1cc(F)ccc1C(=O)N1CC[C@H](N)C1. The molecule has 0 unspecified atom stereocenters. The van der Waals surface area contributed by atoms with Crippen molar-refractivity contribution in [3.05, 3.63) is 35.1 Å². The Morgan fingerprint density at radius 1 is 1.56 bits per heavy atom. The maximum Gasteiger partial charge on any atom is 0.254 e. The molecule has 86 valence electrons. The number of benzene rings is 1. The Bertz CT molecular complexity index is 419. The molecule has 16 heavy (non-hydrogen) atoms. The Kier molecular flexibility index (Phi) is 2.92. The molecule has 3 nitrogen and oxygen atoms in total. The summed E-state index contributed by atoms with van der Waals surface area (Å²) in [6, 6.07) is 4.31. The van der Waals surface area contributed by atoms with Crippen LogP contribution in [0.5, 0.6) is 0 Å². The number of nitrogens with two attached hydrogens (primary N) is 1. The predicted molar refractivity (Wildman–Crippen MR) is 59.6 cm³/mol. The molecule has 0 spiro atoms. The number of nitrogens with zero attached hydrogens (tertiary/aromatic N) is 1. The Morgan fingerprint density at radius 3 is 2.88 bits per heavy atom. The first-order valence-electron chi connectivity index (χ1n) is 5.39. The third kappa shape index (κ3) is 2.07. The summed E-state index contributed by atoms with van der Waals surface area (Å²) in [6.45, 7) is 3.03. The van der Waals surface area contributed by atoms with Gasteiger partial charge in [-0.2, -0.15) is 0 Å². The Hall–Kier alpha value is -1.42. The molecule has 1 aliphatic heterocycles. The number of aryl methyl sites for hydroxylation is 1. The fourth-order valence-electron chi connectivity index (χ4n) is 2.01. The maximum atomic E-state index is 12.9. The topological polar surface area (TPSA) is 46.3 Å². The largest absolute Gasteiger partial charge is 0.337 e. The number of likely N-dealkylation sites (tertiary alicyclic amines) is 1. The Labute approximate surface area is 94.0 Å². The van der Waals surface area contributed by atoms with Crippen molar-refractivity contribution in [3.63, 3.8) is 0 Å². The van der Waals surface area contributed by atoms with Crippen LogP contribution in [0.4, 0.5) is 4.39 Å². The molecule has 0 saturated carbocycles. The summed E-state index contributed by atoms with van der Waals surface area (Å²) in [5.41, 5.74) is 6.99. The first-order chi connectivity index (χ1) is 7.58. The number of halogens is 1. The average Bonchev–Trinajstić information content (AvgIpc) is 2.64. The highest BCUT2D eigenvalue weighted by molar-refractivity contribution is 5.95. The molecule has 1 aromatic carbocycles. The molecule has 1 amide bonds. The smallest absolute Gasteiger partial charge is 0.254 e. The monoisotopic (exact) mass is 222 g/mol. The van der Waals surface area contributed by atoms with Gasteiger partial charge in [0.05, 0.1) is 0 Å². The van der Waals surface area contributed by atoms with Crippen LogP contribution >= 0.6 is 0 Å². The number of carbonyl (C=O) groups excluding carboxylic acids is 1. The highest BCUT2D eigenvalue weighted by atomic mass is 19.1. The standard InChI is InChI=1S/C12H15FN2O/c1-8-6-9(13)2-3-11(8)12(16)15-5-4-10(14)7-15/h2-3,6,10H,4-5,7,14H2,1H3/t10-/m0/s1. The minimum absolute atomic E-state index is 0.0505. The van der Waals surface area contributed by atoms with Gasteiger partial charge in [0.25, 0.3) is 5.91 Å².